The highest BCUT2D eigenvalue weighted by Crippen LogP contribution is 2.21. The average molecular weight is 359 g/mol. The molecule has 0 aliphatic carbocycles. The molecule has 0 spiro atoms. The Labute approximate surface area is 151 Å². The van der Waals surface area contributed by atoms with Gasteiger partial charge in [0.05, 0.1) is 7.11 Å². The molecule has 1 aliphatic heterocycles. The van der Waals surface area contributed by atoms with Crippen molar-refractivity contribution in [2.45, 2.75) is 25.4 Å². The van der Waals surface area contributed by atoms with Crippen LogP contribution < -0.4 is 15.4 Å². The number of amides is 2. The minimum Gasteiger partial charge on any atom is -0.478 e. The molecule has 1 saturated heterocycles. The van der Waals surface area contributed by atoms with Crippen LogP contribution >= 0.6 is 0 Å². The molecular formula is C18H22FN5O2. The van der Waals surface area contributed by atoms with Crippen LogP contribution in [0.1, 0.15) is 18.4 Å². The maximum atomic E-state index is 12.9. The third-order valence-corrected chi connectivity index (χ3v) is 4.34. The Morgan fingerprint density at radius 1 is 1.23 bits per heavy atom. The van der Waals surface area contributed by atoms with Gasteiger partial charge in [-0.1, -0.05) is 12.1 Å². The van der Waals surface area contributed by atoms with E-state index in [1.165, 1.54) is 12.1 Å². The topological polar surface area (TPSA) is 79.4 Å². The van der Waals surface area contributed by atoms with Crippen LogP contribution in [0.5, 0.6) is 5.88 Å². The lowest BCUT2D eigenvalue weighted by atomic mass is 10.1. The average Bonchev–Trinajstić information content (AvgIpc) is 2.68. The van der Waals surface area contributed by atoms with Gasteiger partial charge >= 0.3 is 6.03 Å². The van der Waals surface area contributed by atoms with Crippen molar-refractivity contribution >= 4 is 11.8 Å². The summed E-state index contributed by atoms with van der Waals surface area (Å²) in [6.45, 7) is 1.68. The zero-order chi connectivity index (χ0) is 18.4. The summed E-state index contributed by atoms with van der Waals surface area (Å²) < 4.78 is 18.1. The predicted molar refractivity (Wildman–Crippen MR) is 95.4 cm³/mol. The lowest BCUT2D eigenvalue weighted by Crippen LogP contribution is -2.46. The first-order chi connectivity index (χ1) is 12.7. The second-order valence-electron chi connectivity index (χ2n) is 6.11. The summed E-state index contributed by atoms with van der Waals surface area (Å²) >= 11 is 0. The summed E-state index contributed by atoms with van der Waals surface area (Å²) in [4.78, 5) is 22.4. The summed E-state index contributed by atoms with van der Waals surface area (Å²) in [5.74, 6) is 0.801. The molecule has 2 amide bonds. The lowest BCUT2D eigenvalue weighted by molar-refractivity contribution is 0.183. The van der Waals surface area contributed by atoms with E-state index >= 15 is 0 Å². The Morgan fingerprint density at radius 3 is 2.62 bits per heavy atom. The normalized spacial score (nSPS) is 14.8. The number of aromatic nitrogens is 2. The Morgan fingerprint density at radius 2 is 1.92 bits per heavy atom. The number of anilines is 1. The van der Waals surface area contributed by atoms with Gasteiger partial charge in [0.15, 0.2) is 5.82 Å². The number of halogens is 1. The van der Waals surface area contributed by atoms with Crippen molar-refractivity contribution < 1.29 is 13.9 Å². The van der Waals surface area contributed by atoms with Gasteiger partial charge in [-0.25, -0.2) is 19.2 Å². The number of hydrogen-bond donors (Lipinski definition) is 2. The molecular weight excluding hydrogens is 337 g/mol. The van der Waals surface area contributed by atoms with Crippen LogP contribution in [0, 0.1) is 5.82 Å². The first-order valence-electron chi connectivity index (χ1n) is 8.54. The fraction of sp³-hybridized carbons (Fsp3) is 0.389. The van der Waals surface area contributed by atoms with Crippen molar-refractivity contribution in [2.24, 2.45) is 0 Å². The summed E-state index contributed by atoms with van der Waals surface area (Å²) in [6, 6.07) is 6.21. The van der Waals surface area contributed by atoms with E-state index < -0.39 is 0 Å². The van der Waals surface area contributed by atoms with Gasteiger partial charge in [-0.2, -0.15) is 0 Å². The van der Waals surface area contributed by atoms with Crippen molar-refractivity contribution in [2.75, 3.05) is 25.5 Å². The predicted octanol–water partition coefficient (Wildman–Crippen LogP) is 2.41. The van der Waals surface area contributed by atoms with E-state index in [9.17, 15) is 9.18 Å². The molecule has 2 heterocycles. The van der Waals surface area contributed by atoms with Crippen LogP contribution in [-0.4, -0.2) is 47.1 Å². The molecule has 0 unspecified atom stereocenters. The molecule has 26 heavy (non-hydrogen) atoms. The van der Waals surface area contributed by atoms with Gasteiger partial charge in [0.25, 0.3) is 5.88 Å². The summed E-state index contributed by atoms with van der Waals surface area (Å²) in [5.41, 5.74) is 0.867. The number of benzene rings is 1. The van der Waals surface area contributed by atoms with Crippen LogP contribution in [0.25, 0.3) is 0 Å². The van der Waals surface area contributed by atoms with E-state index in [0.717, 1.165) is 18.4 Å². The zero-order valence-corrected chi connectivity index (χ0v) is 14.6. The van der Waals surface area contributed by atoms with Crippen molar-refractivity contribution in [3.63, 3.8) is 0 Å². The molecule has 2 aromatic rings. The van der Waals surface area contributed by atoms with Crippen molar-refractivity contribution in [1.29, 1.82) is 0 Å². The molecule has 0 radical (unpaired) electrons. The van der Waals surface area contributed by atoms with Gasteiger partial charge < -0.3 is 20.3 Å². The number of hydrogen-bond acceptors (Lipinski definition) is 5. The maximum absolute atomic E-state index is 12.9. The number of carbonyl (C=O) groups excluding carboxylic acids is 1. The van der Waals surface area contributed by atoms with E-state index in [-0.39, 0.29) is 17.9 Å². The van der Waals surface area contributed by atoms with Gasteiger partial charge in [-0.3, -0.25) is 0 Å². The number of urea groups is 1. The molecule has 0 bridgehead atoms. The first kappa shape index (κ1) is 17.9. The monoisotopic (exact) mass is 359 g/mol. The Bertz CT molecular complexity index is 733. The summed E-state index contributed by atoms with van der Waals surface area (Å²) in [7, 11) is 1.56. The molecule has 1 aliphatic rings. The second-order valence-corrected chi connectivity index (χ2v) is 6.11. The van der Waals surface area contributed by atoms with Crippen molar-refractivity contribution in [3.8, 4) is 5.88 Å². The summed E-state index contributed by atoms with van der Waals surface area (Å²) in [5, 5.41) is 6.20. The van der Waals surface area contributed by atoms with Gasteiger partial charge in [-0.15, -0.1) is 0 Å². The largest absolute Gasteiger partial charge is 0.478 e. The Hall–Kier alpha value is -2.90. The Kier molecular flexibility index (Phi) is 5.83. The maximum Gasteiger partial charge on any atom is 0.317 e. The van der Waals surface area contributed by atoms with Gasteiger partial charge in [0.1, 0.15) is 5.82 Å². The lowest BCUT2D eigenvalue weighted by Gasteiger charge is -2.32. The minimum atomic E-state index is -0.283. The number of ether oxygens (including phenoxy) is 1. The zero-order valence-electron chi connectivity index (χ0n) is 14.6. The molecule has 1 aromatic heterocycles. The fourth-order valence-corrected chi connectivity index (χ4v) is 2.89. The molecule has 0 atom stereocenters. The SMILES string of the molecule is COc1nccnc1NC1CCN(C(=O)NCc2ccc(F)cc2)CC1. The van der Waals surface area contributed by atoms with E-state index in [1.807, 2.05) is 0 Å². The molecule has 7 nitrogen and oxygen atoms in total. The Balaban J connectivity index is 1.45. The van der Waals surface area contributed by atoms with E-state index in [4.69, 9.17) is 4.74 Å². The number of rotatable bonds is 5. The third-order valence-electron chi connectivity index (χ3n) is 4.34. The number of carbonyl (C=O) groups is 1. The minimum absolute atomic E-state index is 0.107. The summed E-state index contributed by atoms with van der Waals surface area (Å²) in [6.07, 6.45) is 4.81. The molecule has 3 rings (SSSR count). The van der Waals surface area contributed by atoms with Gasteiger partial charge in [-0.05, 0) is 30.5 Å². The molecule has 138 valence electrons. The van der Waals surface area contributed by atoms with E-state index in [0.29, 0.717) is 31.3 Å². The number of nitrogens with one attached hydrogen (secondary N) is 2. The van der Waals surface area contributed by atoms with Crippen molar-refractivity contribution in [3.05, 3.63) is 48.0 Å². The first-order valence-corrected chi connectivity index (χ1v) is 8.54. The highest BCUT2D eigenvalue weighted by Gasteiger charge is 2.23. The molecule has 0 saturated carbocycles. The molecule has 1 aromatic carbocycles. The van der Waals surface area contributed by atoms with E-state index in [1.54, 1.807) is 36.5 Å². The van der Waals surface area contributed by atoms with Gasteiger partial charge in [0, 0.05) is 38.1 Å². The number of nitrogens with zero attached hydrogens (tertiary/aromatic N) is 3. The highest BCUT2D eigenvalue weighted by atomic mass is 19.1. The third kappa shape index (κ3) is 4.59. The van der Waals surface area contributed by atoms with Crippen LogP contribution in [0.3, 0.4) is 0 Å². The van der Waals surface area contributed by atoms with Crippen LogP contribution in [-0.2, 0) is 6.54 Å². The van der Waals surface area contributed by atoms with Crippen LogP contribution in [0.2, 0.25) is 0 Å². The fourth-order valence-electron chi connectivity index (χ4n) is 2.89. The number of piperidine rings is 1. The smallest absolute Gasteiger partial charge is 0.317 e. The number of methoxy groups -OCH3 is 1. The van der Waals surface area contributed by atoms with Gasteiger partial charge in [0.2, 0.25) is 0 Å². The number of likely N-dealkylation sites (tertiary alicyclic amines) is 1. The molecule has 2 N–H and O–H groups in total. The molecule has 1 fully saturated rings. The van der Waals surface area contributed by atoms with Crippen LogP contribution in [0.4, 0.5) is 15.0 Å². The second kappa shape index (κ2) is 8.46. The van der Waals surface area contributed by atoms with Crippen LogP contribution in [0.15, 0.2) is 36.7 Å². The standard InChI is InChI=1S/C18H22FN5O2/c1-26-17-16(20-8-9-21-17)23-15-6-10-24(11-7-15)18(25)22-12-13-2-4-14(19)5-3-13/h2-5,8-9,15H,6-7,10-12H2,1H3,(H,20,23)(H,22,25). The van der Waals surface area contributed by atoms with Crippen molar-refractivity contribution in [1.82, 2.24) is 20.2 Å². The van der Waals surface area contributed by atoms with E-state index in [2.05, 4.69) is 20.6 Å². The highest BCUT2D eigenvalue weighted by molar-refractivity contribution is 5.74. The quantitative estimate of drug-likeness (QED) is 0.857. The molecule has 8 heteroatoms.